The molecule has 0 unspecified atom stereocenters. The average Bonchev–Trinajstić information content (AvgIpc) is 3.72. The highest BCUT2D eigenvalue weighted by atomic mass is 16.6. The van der Waals surface area contributed by atoms with Gasteiger partial charge in [0.15, 0.2) is 34.7 Å². The van der Waals surface area contributed by atoms with Crippen molar-refractivity contribution in [2.24, 2.45) is 0 Å². The molecule has 1 saturated heterocycles. The number of nitrogens with zero attached hydrogens (tertiary/aromatic N) is 8. The zero-order valence-corrected chi connectivity index (χ0v) is 23.0. The smallest absolute Gasteiger partial charge is 0.167 e. The first-order valence-electron chi connectivity index (χ1n) is 13.6. The molecule has 6 aromatic rings. The van der Waals surface area contributed by atoms with Crippen LogP contribution in [0.1, 0.15) is 11.8 Å². The lowest BCUT2D eigenvalue weighted by Crippen LogP contribution is -2.33. The molecule has 1 fully saturated rings. The van der Waals surface area contributed by atoms with Gasteiger partial charge in [-0.3, -0.25) is 4.57 Å². The molecule has 1 aliphatic heterocycles. The Balaban J connectivity index is 1.26. The summed E-state index contributed by atoms with van der Waals surface area (Å²) in [6.45, 7) is 0.675. The fourth-order valence-corrected chi connectivity index (χ4v) is 5.33. The Morgan fingerprint density at radius 2 is 1.67 bits per heavy atom. The first kappa shape index (κ1) is 26.7. The van der Waals surface area contributed by atoms with E-state index in [4.69, 9.17) is 20.2 Å². The Kier molecular flexibility index (Phi) is 6.77. The van der Waals surface area contributed by atoms with Gasteiger partial charge in [-0.1, -0.05) is 30.3 Å². The number of benzene rings is 2. The van der Waals surface area contributed by atoms with E-state index in [1.54, 1.807) is 11.7 Å². The predicted octanol–water partition coefficient (Wildman–Crippen LogP) is 2.16. The second-order valence-electron chi connectivity index (χ2n) is 10.1. The third kappa shape index (κ3) is 4.76. The van der Waals surface area contributed by atoms with Crippen LogP contribution in [-0.4, -0.2) is 74.7 Å². The number of imidazole rings is 2. The monoisotopic (exact) mass is 580 g/mol. The molecule has 43 heavy (non-hydrogen) atoms. The molecule has 4 atom stereocenters. The van der Waals surface area contributed by atoms with Crippen molar-refractivity contribution in [1.82, 2.24) is 39.0 Å². The van der Waals surface area contributed by atoms with Crippen molar-refractivity contribution < 1.29 is 19.7 Å². The summed E-state index contributed by atoms with van der Waals surface area (Å²) in [5.74, 6) is 2.06. The van der Waals surface area contributed by atoms with Crippen LogP contribution in [0.25, 0.3) is 33.7 Å². The molecular weight excluding hydrogens is 552 g/mol. The fraction of sp³-hybridized carbons (Fsp3) is 0.241. The lowest BCUT2D eigenvalue weighted by atomic mass is 10.1. The van der Waals surface area contributed by atoms with Crippen molar-refractivity contribution in [3.8, 4) is 17.1 Å². The lowest BCUT2D eigenvalue weighted by molar-refractivity contribution is -0.0389. The number of ether oxygens (including phenoxy) is 2. The summed E-state index contributed by atoms with van der Waals surface area (Å²) in [7, 11) is 1.61. The van der Waals surface area contributed by atoms with Gasteiger partial charge < -0.3 is 35.3 Å². The number of methoxy groups -OCH3 is 1. The number of hydrogen-bond donors (Lipinski definition) is 4. The van der Waals surface area contributed by atoms with Crippen molar-refractivity contribution in [2.75, 3.05) is 18.2 Å². The van der Waals surface area contributed by atoms with Gasteiger partial charge in [-0.05, 0) is 29.8 Å². The maximum absolute atomic E-state index is 11.2. The number of nitrogens with one attached hydrogen (secondary N) is 1. The summed E-state index contributed by atoms with van der Waals surface area (Å²) in [6.07, 6.45) is -0.0514. The lowest BCUT2D eigenvalue weighted by Gasteiger charge is -2.18. The minimum atomic E-state index is -1.27. The summed E-state index contributed by atoms with van der Waals surface area (Å²) in [5, 5.41) is 25.6. The Labute approximate surface area is 244 Å². The van der Waals surface area contributed by atoms with Gasteiger partial charge in [0, 0.05) is 12.1 Å². The van der Waals surface area contributed by atoms with Crippen LogP contribution in [-0.2, 0) is 17.8 Å². The number of nitrogens with two attached hydrogens (primary N) is 1. The molecule has 0 amide bonds. The Bertz CT molecular complexity index is 1890. The quantitative estimate of drug-likeness (QED) is 0.206. The SMILES string of the molecule is COc1ccc(-c2nc3c(NCc4ccccc4)ncnc3n2C[C@H]2O[C@@H](n3cnc4c(N)ncnc43)[C@H](O)[C@@H]2O)cc1. The zero-order chi connectivity index (χ0) is 29.5. The molecule has 4 aromatic heterocycles. The molecule has 0 bridgehead atoms. The minimum Gasteiger partial charge on any atom is -0.497 e. The third-order valence-corrected chi connectivity index (χ3v) is 7.54. The molecule has 2 aromatic carbocycles. The van der Waals surface area contributed by atoms with Gasteiger partial charge in [0.2, 0.25) is 0 Å². The van der Waals surface area contributed by atoms with E-state index in [0.717, 1.165) is 11.1 Å². The van der Waals surface area contributed by atoms with Crippen molar-refractivity contribution in [3.63, 3.8) is 0 Å². The number of fused-ring (bicyclic) bond motifs is 2. The normalized spacial score (nSPS) is 20.2. The molecule has 218 valence electrons. The molecule has 5 N–H and O–H groups in total. The van der Waals surface area contributed by atoms with Gasteiger partial charge in [0.05, 0.1) is 20.0 Å². The third-order valence-electron chi connectivity index (χ3n) is 7.54. The maximum atomic E-state index is 11.2. The Hall–Kier alpha value is -5.18. The summed E-state index contributed by atoms with van der Waals surface area (Å²) in [6, 6.07) is 17.5. The predicted molar refractivity (Wildman–Crippen MR) is 157 cm³/mol. The Morgan fingerprint density at radius 3 is 2.47 bits per heavy atom. The molecule has 14 heteroatoms. The van der Waals surface area contributed by atoms with Gasteiger partial charge in [0.1, 0.15) is 48.1 Å². The molecule has 7 rings (SSSR count). The van der Waals surface area contributed by atoms with Crippen LogP contribution < -0.4 is 15.8 Å². The highest BCUT2D eigenvalue weighted by molar-refractivity contribution is 5.86. The number of rotatable bonds is 8. The molecule has 14 nitrogen and oxygen atoms in total. The topological polar surface area (TPSA) is 184 Å². The summed E-state index contributed by atoms with van der Waals surface area (Å²) in [5.41, 5.74) is 9.69. The van der Waals surface area contributed by atoms with E-state index in [2.05, 4.69) is 30.2 Å². The molecule has 0 aliphatic carbocycles. The van der Waals surface area contributed by atoms with Crippen molar-refractivity contribution >= 4 is 34.0 Å². The number of anilines is 2. The largest absolute Gasteiger partial charge is 0.497 e. The summed E-state index contributed by atoms with van der Waals surface area (Å²) in [4.78, 5) is 26.5. The van der Waals surface area contributed by atoms with Gasteiger partial charge in [-0.2, -0.15) is 0 Å². The van der Waals surface area contributed by atoms with E-state index in [1.807, 2.05) is 59.2 Å². The van der Waals surface area contributed by atoms with Crippen LogP contribution in [0.2, 0.25) is 0 Å². The van der Waals surface area contributed by atoms with Crippen LogP contribution in [0, 0.1) is 0 Å². The number of aliphatic hydroxyl groups is 2. The summed E-state index contributed by atoms with van der Waals surface area (Å²) >= 11 is 0. The van der Waals surface area contributed by atoms with Crippen LogP contribution in [0.4, 0.5) is 11.6 Å². The fourth-order valence-electron chi connectivity index (χ4n) is 5.33. The first-order chi connectivity index (χ1) is 21.0. The van der Waals surface area contributed by atoms with Gasteiger partial charge in [-0.15, -0.1) is 0 Å². The number of aliphatic hydroxyl groups excluding tert-OH is 2. The van der Waals surface area contributed by atoms with E-state index in [1.165, 1.54) is 19.0 Å². The molecule has 1 aliphatic rings. The molecular formula is C29H28N10O4. The van der Waals surface area contributed by atoms with Crippen molar-refractivity contribution in [1.29, 1.82) is 0 Å². The van der Waals surface area contributed by atoms with E-state index in [-0.39, 0.29) is 12.4 Å². The van der Waals surface area contributed by atoms with E-state index >= 15 is 0 Å². The molecule has 0 spiro atoms. The van der Waals surface area contributed by atoms with Crippen molar-refractivity contribution in [3.05, 3.63) is 79.1 Å². The highest BCUT2D eigenvalue weighted by Gasteiger charge is 2.45. The maximum Gasteiger partial charge on any atom is 0.167 e. The Morgan fingerprint density at radius 1 is 0.907 bits per heavy atom. The van der Waals surface area contributed by atoms with Crippen LogP contribution in [0.5, 0.6) is 5.75 Å². The minimum absolute atomic E-state index is 0.130. The van der Waals surface area contributed by atoms with Crippen LogP contribution in [0.3, 0.4) is 0 Å². The molecule has 0 radical (unpaired) electrons. The molecule has 0 saturated carbocycles. The van der Waals surface area contributed by atoms with Gasteiger partial charge in [-0.25, -0.2) is 29.9 Å². The number of hydrogen-bond acceptors (Lipinski definition) is 12. The van der Waals surface area contributed by atoms with E-state index < -0.39 is 24.5 Å². The standard InChI is InChI=1S/C29H28N10O4/c1-42-18-9-7-17(8-10-18)26-37-21-25(31-11-16-5-3-2-4-6-16)33-14-35-28(21)38(26)12-19-22(40)23(41)29(43-19)39-15-36-20-24(30)32-13-34-27(20)39/h2-10,13-15,19,22-23,29,40-41H,11-12H2,1H3,(H2,30,32,34)(H,31,33,35)/t19-,22-,23-,29-/m1/s1. The second kappa shape index (κ2) is 10.9. The van der Waals surface area contributed by atoms with E-state index in [9.17, 15) is 10.2 Å². The van der Waals surface area contributed by atoms with Gasteiger partial charge >= 0.3 is 0 Å². The summed E-state index contributed by atoms with van der Waals surface area (Å²) < 4.78 is 15.0. The van der Waals surface area contributed by atoms with E-state index in [0.29, 0.717) is 46.3 Å². The average molecular weight is 581 g/mol. The van der Waals surface area contributed by atoms with Gasteiger partial charge in [0.25, 0.3) is 0 Å². The zero-order valence-electron chi connectivity index (χ0n) is 23.0. The number of aromatic nitrogens is 8. The van der Waals surface area contributed by atoms with Crippen molar-refractivity contribution in [2.45, 2.75) is 37.6 Å². The molecule has 5 heterocycles. The van der Waals surface area contributed by atoms with Crippen LogP contribution >= 0.6 is 0 Å². The number of nitrogen functional groups attached to an aromatic ring is 1. The van der Waals surface area contributed by atoms with Crippen LogP contribution in [0.15, 0.2) is 73.6 Å². The first-order valence-corrected chi connectivity index (χ1v) is 13.6. The second-order valence-corrected chi connectivity index (χ2v) is 10.1. The highest BCUT2D eigenvalue weighted by Crippen LogP contribution is 2.35.